The normalized spacial score (nSPS) is 22.8. The Morgan fingerprint density at radius 1 is 1.23 bits per heavy atom. The van der Waals surface area contributed by atoms with Crippen molar-refractivity contribution in [3.8, 4) is 0 Å². The fourth-order valence-electron chi connectivity index (χ4n) is 3.21. The number of nitrogens with one attached hydrogen (secondary N) is 2. The zero-order valence-electron chi connectivity index (χ0n) is 16.6. The number of rotatable bonds is 8. The van der Waals surface area contributed by atoms with Crippen molar-refractivity contribution in [2.24, 2.45) is 4.99 Å². The molecule has 1 saturated heterocycles. The molecule has 2 N–H and O–H groups in total. The lowest BCUT2D eigenvalue weighted by molar-refractivity contribution is -0.0679. The van der Waals surface area contributed by atoms with Gasteiger partial charge in [0, 0.05) is 49.9 Å². The third kappa shape index (κ3) is 7.98. The molecule has 3 atom stereocenters. The molecular weight excluding hydrogens is 344 g/mol. The van der Waals surface area contributed by atoms with Crippen molar-refractivity contribution in [2.45, 2.75) is 49.5 Å². The fourth-order valence-corrected chi connectivity index (χ4v) is 4.16. The van der Waals surface area contributed by atoms with Gasteiger partial charge in [0.15, 0.2) is 5.96 Å². The van der Waals surface area contributed by atoms with Crippen molar-refractivity contribution >= 4 is 17.7 Å². The Balaban J connectivity index is 1.60. The largest absolute Gasteiger partial charge is 0.373 e. The molecule has 3 unspecified atom stereocenters. The number of benzene rings is 1. The lowest BCUT2D eigenvalue weighted by Gasteiger charge is -2.35. The van der Waals surface area contributed by atoms with Gasteiger partial charge in [-0.25, -0.2) is 0 Å². The summed E-state index contributed by atoms with van der Waals surface area (Å²) in [5.74, 6) is 0.884. The standard InChI is InChI=1S/C20H34N4OS/c1-16-14-24(15-17(2)25-16)12-8-11-22-20(21-4)23-13-18(3)26-19-9-6-5-7-10-19/h5-7,9-10,16-18H,8,11-15H2,1-4H3,(H2,21,22,23). The maximum absolute atomic E-state index is 5.79. The minimum atomic E-state index is 0.338. The first-order chi connectivity index (χ1) is 12.6. The van der Waals surface area contributed by atoms with Gasteiger partial charge in [0.2, 0.25) is 0 Å². The molecule has 1 aliphatic rings. The van der Waals surface area contributed by atoms with Crippen LogP contribution >= 0.6 is 11.8 Å². The molecule has 0 aromatic heterocycles. The maximum atomic E-state index is 5.79. The summed E-state index contributed by atoms with van der Waals surface area (Å²) < 4.78 is 5.79. The van der Waals surface area contributed by atoms with Gasteiger partial charge < -0.3 is 15.4 Å². The van der Waals surface area contributed by atoms with Crippen LogP contribution in [0.15, 0.2) is 40.2 Å². The minimum Gasteiger partial charge on any atom is -0.373 e. The maximum Gasteiger partial charge on any atom is 0.191 e. The van der Waals surface area contributed by atoms with Crippen LogP contribution in [0.3, 0.4) is 0 Å². The second kappa shape index (κ2) is 11.5. The highest BCUT2D eigenvalue weighted by Gasteiger charge is 2.21. The molecule has 2 rings (SSSR count). The molecule has 0 amide bonds. The number of aliphatic imine (C=N–C) groups is 1. The number of nitrogens with zero attached hydrogens (tertiary/aromatic N) is 2. The minimum absolute atomic E-state index is 0.338. The Morgan fingerprint density at radius 3 is 2.58 bits per heavy atom. The average molecular weight is 379 g/mol. The predicted molar refractivity (Wildman–Crippen MR) is 112 cm³/mol. The van der Waals surface area contributed by atoms with Gasteiger partial charge >= 0.3 is 0 Å². The van der Waals surface area contributed by atoms with E-state index < -0.39 is 0 Å². The van der Waals surface area contributed by atoms with E-state index in [0.717, 1.165) is 45.1 Å². The summed E-state index contributed by atoms with van der Waals surface area (Å²) in [4.78, 5) is 8.13. The number of thioether (sulfide) groups is 1. The summed E-state index contributed by atoms with van der Waals surface area (Å²) in [6, 6.07) is 10.5. The molecule has 0 aliphatic carbocycles. The molecule has 0 bridgehead atoms. The van der Waals surface area contributed by atoms with Crippen LogP contribution in [-0.4, -0.2) is 68.1 Å². The number of ether oxygens (including phenoxy) is 1. The van der Waals surface area contributed by atoms with E-state index >= 15 is 0 Å². The highest BCUT2D eigenvalue weighted by atomic mass is 32.2. The van der Waals surface area contributed by atoms with Gasteiger partial charge in [0.05, 0.1) is 12.2 Å². The van der Waals surface area contributed by atoms with Crippen molar-refractivity contribution in [2.75, 3.05) is 39.8 Å². The molecular formula is C20H34N4OS. The first-order valence-electron chi connectivity index (χ1n) is 9.61. The zero-order chi connectivity index (χ0) is 18.8. The highest BCUT2D eigenvalue weighted by molar-refractivity contribution is 8.00. The molecule has 1 aromatic carbocycles. The first kappa shape index (κ1) is 21.1. The van der Waals surface area contributed by atoms with E-state index in [1.54, 1.807) is 0 Å². The quantitative estimate of drug-likeness (QED) is 0.315. The van der Waals surface area contributed by atoms with E-state index in [1.807, 2.05) is 18.8 Å². The van der Waals surface area contributed by atoms with Crippen molar-refractivity contribution in [1.82, 2.24) is 15.5 Å². The second-order valence-corrected chi connectivity index (χ2v) is 8.50. The van der Waals surface area contributed by atoms with Gasteiger partial charge in [-0.2, -0.15) is 0 Å². The Morgan fingerprint density at radius 2 is 1.92 bits per heavy atom. The molecule has 5 nitrogen and oxygen atoms in total. The van der Waals surface area contributed by atoms with E-state index in [1.165, 1.54) is 4.90 Å². The molecule has 26 heavy (non-hydrogen) atoms. The summed E-state index contributed by atoms with van der Waals surface area (Å²) in [6.07, 6.45) is 1.78. The molecule has 0 saturated carbocycles. The van der Waals surface area contributed by atoms with E-state index in [9.17, 15) is 0 Å². The lowest BCUT2D eigenvalue weighted by atomic mass is 10.2. The predicted octanol–water partition coefficient (Wildman–Crippen LogP) is 2.83. The van der Waals surface area contributed by atoms with Crippen LogP contribution in [0.2, 0.25) is 0 Å². The summed E-state index contributed by atoms with van der Waals surface area (Å²) >= 11 is 1.88. The monoisotopic (exact) mass is 378 g/mol. The molecule has 1 aromatic rings. The van der Waals surface area contributed by atoms with Crippen LogP contribution in [-0.2, 0) is 4.74 Å². The van der Waals surface area contributed by atoms with Crippen LogP contribution in [0.5, 0.6) is 0 Å². The molecule has 0 radical (unpaired) electrons. The molecule has 1 aliphatic heterocycles. The van der Waals surface area contributed by atoms with Crippen molar-refractivity contribution < 1.29 is 4.74 Å². The summed E-state index contributed by atoms with van der Waals surface area (Å²) in [7, 11) is 1.83. The molecule has 6 heteroatoms. The zero-order valence-corrected chi connectivity index (χ0v) is 17.4. The topological polar surface area (TPSA) is 48.9 Å². The number of hydrogen-bond acceptors (Lipinski definition) is 4. The molecule has 146 valence electrons. The third-order valence-electron chi connectivity index (χ3n) is 4.30. The average Bonchev–Trinajstić information content (AvgIpc) is 2.61. The Kier molecular flexibility index (Phi) is 9.29. The van der Waals surface area contributed by atoms with Gasteiger partial charge in [0.25, 0.3) is 0 Å². The van der Waals surface area contributed by atoms with Crippen molar-refractivity contribution in [1.29, 1.82) is 0 Å². The molecule has 1 fully saturated rings. The van der Waals surface area contributed by atoms with Crippen LogP contribution < -0.4 is 10.6 Å². The van der Waals surface area contributed by atoms with Crippen LogP contribution in [0.1, 0.15) is 27.2 Å². The highest BCUT2D eigenvalue weighted by Crippen LogP contribution is 2.21. The van der Waals surface area contributed by atoms with E-state index in [4.69, 9.17) is 4.74 Å². The number of guanidine groups is 1. The summed E-state index contributed by atoms with van der Waals surface area (Å²) in [5, 5.41) is 7.33. The fraction of sp³-hybridized carbons (Fsp3) is 0.650. The van der Waals surface area contributed by atoms with Gasteiger partial charge in [0.1, 0.15) is 0 Å². The van der Waals surface area contributed by atoms with Gasteiger partial charge in [-0.3, -0.25) is 9.89 Å². The SMILES string of the molecule is CN=C(NCCCN1CC(C)OC(C)C1)NCC(C)Sc1ccccc1. The molecule has 1 heterocycles. The van der Waals surface area contributed by atoms with E-state index in [-0.39, 0.29) is 0 Å². The first-order valence-corrected chi connectivity index (χ1v) is 10.5. The van der Waals surface area contributed by atoms with E-state index in [0.29, 0.717) is 17.5 Å². The van der Waals surface area contributed by atoms with Crippen molar-refractivity contribution in [3.05, 3.63) is 30.3 Å². The number of morpholine rings is 1. The lowest BCUT2D eigenvalue weighted by Crippen LogP contribution is -2.46. The summed E-state index contributed by atoms with van der Waals surface area (Å²) in [5.41, 5.74) is 0. The number of hydrogen-bond donors (Lipinski definition) is 2. The third-order valence-corrected chi connectivity index (χ3v) is 5.41. The Bertz CT molecular complexity index is 530. The van der Waals surface area contributed by atoms with Crippen LogP contribution in [0, 0.1) is 0 Å². The van der Waals surface area contributed by atoms with Crippen LogP contribution in [0.25, 0.3) is 0 Å². The molecule has 0 spiro atoms. The van der Waals surface area contributed by atoms with Gasteiger partial charge in [-0.1, -0.05) is 25.1 Å². The van der Waals surface area contributed by atoms with Gasteiger partial charge in [-0.15, -0.1) is 11.8 Å². The summed E-state index contributed by atoms with van der Waals surface area (Å²) in [6.45, 7) is 11.5. The Labute approximate surface area is 163 Å². The van der Waals surface area contributed by atoms with E-state index in [2.05, 4.69) is 71.6 Å². The second-order valence-electron chi connectivity index (χ2n) is 6.99. The van der Waals surface area contributed by atoms with Crippen LogP contribution in [0.4, 0.5) is 0 Å². The van der Waals surface area contributed by atoms with Crippen molar-refractivity contribution in [3.63, 3.8) is 0 Å². The smallest absolute Gasteiger partial charge is 0.191 e. The Hall–Kier alpha value is -1.24. The van der Waals surface area contributed by atoms with Gasteiger partial charge in [-0.05, 0) is 32.4 Å².